The quantitative estimate of drug-likeness (QED) is 0.833. The summed E-state index contributed by atoms with van der Waals surface area (Å²) >= 11 is 2.79. The Labute approximate surface area is 150 Å². The topological polar surface area (TPSA) is 66.5 Å². The van der Waals surface area contributed by atoms with E-state index in [-0.39, 0.29) is 12.3 Å². The van der Waals surface area contributed by atoms with E-state index in [0.717, 1.165) is 29.0 Å². The minimum absolute atomic E-state index is 0.0906. The molecular formula is C16H20N2O3S3. The maximum absolute atomic E-state index is 12.6. The molecule has 5 nitrogen and oxygen atoms in total. The van der Waals surface area contributed by atoms with Crippen LogP contribution in [0.3, 0.4) is 0 Å². The van der Waals surface area contributed by atoms with Crippen molar-refractivity contribution in [2.45, 2.75) is 36.4 Å². The Kier molecular flexibility index (Phi) is 5.70. The predicted molar refractivity (Wildman–Crippen MR) is 96.8 cm³/mol. The van der Waals surface area contributed by atoms with Crippen LogP contribution in [0, 0.1) is 0 Å². The lowest BCUT2D eigenvalue weighted by Gasteiger charge is -2.25. The Bertz CT molecular complexity index is 775. The third kappa shape index (κ3) is 4.24. The first kappa shape index (κ1) is 17.6. The number of amides is 1. The number of sulfonamides is 1. The lowest BCUT2D eigenvalue weighted by molar-refractivity contribution is -0.120. The first-order chi connectivity index (χ1) is 11.6. The Hall–Kier alpha value is -1.22. The Morgan fingerprint density at radius 1 is 1.12 bits per heavy atom. The molecule has 0 radical (unpaired) electrons. The summed E-state index contributed by atoms with van der Waals surface area (Å²) in [6.45, 7) is 1.70. The number of carbonyl (C=O) groups excluding carboxylic acids is 1. The molecule has 3 rings (SSSR count). The largest absolute Gasteiger partial charge is 0.351 e. The van der Waals surface area contributed by atoms with E-state index in [2.05, 4.69) is 5.32 Å². The standard InChI is InChI=1S/C16H20N2O3S3/c19-15(17-12-14-5-4-10-22-14)11-13-6-7-16(23-13)24(20,21)18-8-2-1-3-9-18/h4-7,10H,1-3,8-9,11-12H2,(H,17,19). The van der Waals surface area contributed by atoms with Gasteiger partial charge in [0.2, 0.25) is 5.91 Å². The molecule has 8 heteroatoms. The van der Waals surface area contributed by atoms with E-state index in [9.17, 15) is 13.2 Å². The van der Waals surface area contributed by atoms with Crippen molar-refractivity contribution < 1.29 is 13.2 Å². The van der Waals surface area contributed by atoms with Gasteiger partial charge in [-0.2, -0.15) is 4.31 Å². The average molecular weight is 385 g/mol. The number of nitrogens with one attached hydrogen (secondary N) is 1. The average Bonchev–Trinajstić information content (AvgIpc) is 3.26. The van der Waals surface area contributed by atoms with Gasteiger partial charge in [0, 0.05) is 22.8 Å². The van der Waals surface area contributed by atoms with Crippen molar-refractivity contribution in [2.75, 3.05) is 13.1 Å². The van der Waals surface area contributed by atoms with Crippen molar-refractivity contribution in [1.82, 2.24) is 9.62 Å². The molecule has 0 atom stereocenters. The molecule has 0 aromatic carbocycles. The van der Waals surface area contributed by atoms with E-state index < -0.39 is 10.0 Å². The summed E-state index contributed by atoms with van der Waals surface area (Å²) in [5, 5.41) is 4.83. The van der Waals surface area contributed by atoms with Crippen molar-refractivity contribution in [3.05, 3.63) is 39.4 Å². The molecular weight excluding hydrogens is 364 g/mol. The summed E-state index contributed by atoms with van der Waals surface area (Å²) in [7, 11) is -3.40. The summed E-state index contributed by atoms with van der Waals surface area (Å²) in [6.07, 6.45) is 3.14. The molecule has 0 spiro atoms. The normalized spacial score (nSPS) is 16.2. The monoisotopic (exact) mass is 384 g/mol. The number of hydrogen-bond acceptors (Lipinski definition) is 5. The molecule has 1 saturated heterocycles. The fourth-order valence-electron chi connectivity index (χ4n) is 2.64. The smallest absolute Gasteiger partial charge is 0.252 e. The summed E-state index contributed by atoms with van der Waals surface area (Å²) in [5.41, 5.74) is 0. The van der Waals surface area contributed by atoms with Crippen LogP contribution in [0.2, 0.25) is 0 Å². The fourth-order valence-corrected chi connectivity index (χ4v) is 6.31. The van der Waals surface area contributed by atoms with Crippen LogP contribution < -0.4 is 5.32 Å². The molecule has 24 heavy (non-hydrogen) atoms. The molecule has 0 bridgehead atoms. The third-order valence-corrected chi connectivity index (χ3v) is 8.25. The van der Waals surface area contributed by atoms with Crippen molar-refractivity contribution in [1.29, 1.82) is 0 Å². The molecule has 130 valence electrons. The van der Waals surface area contributed by atoms with Crippen molar-refractivity contribution >= 4 is 38.6 Å². The highest BCUT2D eigenvalue weighted by molar-refractivity contribution is 7.91. The lowest BCUT2D eigenvalue weighted by Crippen LogP contribution is -2.35. The number of carbonyl (C=O) groups is 1. The highest BCUT2D eigenvalue weighted by atomic mass is 32.2. The number of thiophene rings is 2. The Balaban J connectivity index is 1.59. The van der Waals surface area contributed by atoms with E-state index in [1.807, 2.05) is 17.5 Å². The van der Waals surface area contributed by atoms with Crippen molar-refractivity contribution in [2.24, 2.45) is 0 Å². The molecule has 2 aromatic heterocycles. The van der Waals surface area contributed by atoms with Gasteiger partial charge >= 0.3 is 0 Å². The van der Waals surface area contributed by atoms with Gasteiger partial charge in [0.25, 0.3) is 10.0 Å². The summed E-state index contributed by atoms with van der Waals surface area (Å²) in [5.74, 6) is -0.0906. The predicted octanol–water partition coefficient (Wildman–Crippen LogP) is 2.84. The summed E-state index contributed by atoms with van der Waals surface area (Å²) < 4.78 is 27.1. The SMILES string of the molecule is O=C(Cc1ccc(S(=O)(=O)N2CCCCC2)s1)NCc1cccs1. The highest BCUT2D eigenvalue weighted by Crippen LogP contribution is 2.27. The van der Waals surface area contributed by atoms with Crippen LogP contribution in [-0.4, -0.2) is 31.7 Å². The van der Waals surface area contributed by atoms with E-state index in [1.54, 1.807) is 27.8 Å². The zero-order valence-electron chi connectivity index (χ0n) is 13.2. The van der Waals surface area contributed by atoms with Crippen LogP contribution in [0.15, 0.2) is 33.9 Å². The van der Waals surface area contributed by atoms with Gasteiger partial charge in [-0.25, -0.2) is 8.42 Å². The van der Waals surface area contributed by atoms with E-state index in [4.69, 9.17) is 0 Å². The van der Waals surface area contributed by atoms with Gasteiger partial charge in [-0.3, -0.25) is 4.79 Å². The van der Waals surface area contributed by atoms with Crippen LogP contribution in [0.25, 0.3) is 0 Å². The summed E-state index contributed by atoms with van der Waals surface area (Å²) in [6, 6.07) is 7.28. The molecule has 1 aliphatic heterocycles. The van der Waals surface area contributed by atoms with Gasteiger partial charge in [-0.15, -0.1) is 22.7 Å². The second kappa shape index (κ2) is 7.77. The van der Waals surface area contributed by atoms with Gasteiger partial charge in [0.15, 0.2) is 0 Å². The lowest BCUT2D eigenvalue weighted by atomic mass is 10.2. The first-order valence-corrected chi connectivity index (χ1v) is 11.1. The van der Waals surface area contributed by atoms with E-state index in [0.29, 0.717) is 23.8 Å². The van der Waals surface area contributed by atoms with Crippen molar-refractivity contribution in [3.63, 3.8) is 0 Å². The zero-order chi connectivity index (χ0) is 17.0. The number of nitrogens with zero attached hydrogens (tertiary/aromatic N) is 1. The molecule has 1 amide bonds. The first-order valence-electron chi connectivity index (χ1n) is 7.93. The van der Waals surface area contributed by atoms with Gasteiger partial charge in [0.05, 0.1) is 13.0 Å². The van der Waals surface area contributed by atoms with Crippen LogP contribution in [0.1, 0.15) is 29.0 Å². The van der Waals surface area contributed by atoms with Crippen LogP contribution in [-0.2, 0) is 27.8 Å². The molecule has 1 fully saturated rings. The second-order valence-corrected chi connectivity index (χ2v) is 10.1. The fraction of sp³-hybridized carbons (Fsp3) is 0.438. The number of hydrogen-bond donors (Lipinski definition) is 1. The molecule has 0 unspecified atom stereocenters. The molecule has 3 heterocycles. The van der Waals surface area contributed by atoms with Gasteiger partial charge < -0.3 is 5.32 Å². The maximum Gasteiger partial charge on any atom is 0.252 e. The third-order valence-electron chi connectivity index (χ3n) is 3.92. The van der Waals surface area contributed by atoms with Gasteiger partial charge in [-0.05, 0) is 36.4 Å². The zero-order valence-corrected chi connectivity index (χ0v) is 15.7. The number of piperidine rings is 1. The molecule has 0 aliphatic carbocycles. The van der Waals surface area contributed by atoms with E-state index in [1.165, 1.54) is 11.3 Å². The second-order valence-electron chi connectivity index (χ2n) is 5.72. The Morgan fingerprint density at radius 3 is 2.62 bits per heavy atom. The number of rotatable bonds is 6. The van der Waals surface area contributed by atoms with Crippen LogP contribution in [0.5, 0.6) is 0 Å². The highest BCUT2D eigenvalue weighted by Gasteiger charge is 2.27. The minimum atomic E-state index is -3.40. The Morgan fingerprint density at radius 2 is 1.92 bits per heavy atom. The molecule has 0 saturated carbocycles. The summed E-state index contributed by atoms with van der Waals surface area (Å²) in [4.78, 5) is 13.9. The minimum Gasteiger partial charge on any atom is -0.351 e. The van der Waals surface area contributed by atoms with Crippen LogP contribution in [0.4, 0.5) is 0 Å². The molecule has 1 N–H and O–H groups in total. The molecule has 2 aromatic rings. The van der Waals surface area contributed by atoms with Gasteiger partial charge in [0.1, 0.15) is 4.21 Å². The van der Waals surface area contributed by atoms with Crippen LogP contribution >= 0.6 is 22.7 Å². The maximum atomic E-state index is 12.6. The van der Waals surface area contributed by atoms with E-state index >= 15 is 0 Å². The molecule has 1 aliphatic rings. The van der Waals surface area contributed by atoms with Crippen molar-refractivity contribution in [3.8, 4) is 0 Å². The van der Waals surface area contributed by atoms with Gasteiger partial charge in [-0.1, -0.05) is 12.5 Å².